The molecule has 0 spiro atoms. The molecule has 0 atom stereocenters. The molecule has 18 heavy (non-hydrogen) atoms. The molecule has 1 aromatic carbocycles. The van der Waals surface area contributed by atoms with Crippen molar-refractivity contribution in [1.82, 2.24) is 0 Å². The number of aliphatic hydroxyl groups is 1. The van der Waals surface area contributed by atoms with Gasteiger partial charge < -0.3 is 15.7 Å². The Bertz CT molecular complexity index is 442. The summed E-state index contributed by atoms with van der Waals surface area (Å²) in [5, 5.41) is 20.2. The van der Waals surface area contributed by atoms with Gasteiger partial charge >= 0.3 is 0 Å². The topological polar surface area (TPSA) is 92.6 Å². The first-order chi connectivity index (χ1) is 8.56. The van der Waals surface area contributed by atoms with Crippen LogP contribution in [0.15, 0.2) is 24.3 Å². The molecule has 1 saturated heterocycles. The van der Waals surface area contributed by atoms with E-state index in [4.69, 9.17) is 5.73 Å². The summed E-state index contributed by atoms with van der Waals surface area (Å²) in [6.07, 6.45) is 1.27. The number of hydrogen-bond donors (Lipinski definition) is 2. The molecular weight excluding hydrogens is 234 g/mol. The van der Waals surface area contributed by atoms with E-state index in [2.05, 4.69) is 0 Å². The highest BCUT2D eigenvalue weighted by atomic mass is 16.6. The summed E-state index contributed by atoms with van der Waals surface area (Å²) in [6, 6.07) is 6.71. The van der Waals surface area contributed by atoms with Crippen LogP contribution >= 0.6 is 0 Å². The number of hydrogen-bond acceptors (Lipinski definition) is 5. The van der Waals surface area contributed by atoms with Crippen LogP contribution in [0.4, 0.5) is 11.4 Å². The summed E-state index contributed by atoms with van der Waals surface area (Å²) in [6.45, 7) is 1.21. The highest BCUT2D eigenvalue weighted by Crippen LogP contribution is 2.31. The van der Waals surface area contributed by atoms with Gasteiger partial charge in [0.2, 0.25) is 0 Å². The van der Waals surface area contributed by atoms with Gasteiger partial charge in [0.1, 0.15) is 5.69 Å². The Kier molecular flexibility index (Phi) is 3.49. The highest BCUT2D eigenvalue weighted by molar-refractivity contribution is 5.63. The van der Waals surface area contributed by atoms with E-state index in [0.717, 1.165) is 0 Å². The van der Waals surface area contributed by atoms with Gasteiger partial charge in [-0.1, -0.05) is 12.1 Å². The van der Waals surface area contributed by atoms with Crippen molar-refractivity contribution in [2.45, 2.75) is 18.4 Å². The number of anilines is 1. The Balaban J connectivity index is 2.17. The van der Waals surface area contributed by atoms with Crippen molar-refractivity contribution in [3.63, 3.8) is 0 Å². The Labute approximate surface area is 105 Å². The molecule has 6 nitrogen and oxygen atoms in total. The number of nitrogens with zero attached hydrogens (tertiary/aromatic N) is 2. The zero-order chi connectivity index (χ0) is 13.2. The summed E-state index contributed by atoms with van der Waals surface area (Å²) in [5.74, 6) is 0. The first kappa shape index (κ1) is 12.8. The number of nitrogens with two attached hydrogens (primary N) is 1. The maximum Gasteiger partial charge on any atom is 0.292 e. The van der Waals surface area contributed by atoms with Crippen molar-refractivity contribution in [1.29, 1.82) is 0 Å². The molecule has 0 saturated carbocycles. The van der Waals surface area contributed by atoms with Gasteiger partial charge in [0, 0.05) is 24.7 Å². The molecule has 1 aliphatic heterocycles. The number of benzene rings is 1. The lowest BCUT2D eigenvalue weighted by Gasteiger charge is -2.38. The number of nitro groups is 1. The molecule has 6 heteroatoms. The predicted molar refractivity (Wildman–Crippen MR) is 68.5 cm³/mol. The van der Waals surface area contributed by atoms with Crippen molar-refractivity contribution >= 4 is 11.4 Å². The van der Waals surface area contributed by atoms with E-state index in [1.165, 1.54) is 6.07 Å². The molecule has 0 bridgehead atoms. The maximum absolute atomic E-state index is 11.0. The lowest BCUT2D eigenvalue weighted by molar-refractivity contribution is -0.384. The fraction of sp³-hybridized carbons (Fsp3) is 0.500. The fourth-order valence-corrected chi connectivity index (χ4v) is 2.24. The third-order valence-corrected chi connectivity index (χ3v) is 3.49. The average molecular weight is 251 g/mol. The predicted octanol–water partition coefficient (Wildman–Crippen LogP) is 0.885. The van der Waals surface area contributed by atoms with Crippen LogP contribution in [0.5, 0.6) is 0 Å². The van der Waals surface area contributed by atoms with Crippen molar-refractivity contribution in [2.75, 3.05) is 24.6 Å². The quantitative estimate of drug-likeness (QED) is 0.614. The Morgan fingerprint density at radius 2 is 2.00 bits per heavy atom. The van der Waals surface area contributed by atoms with Crippen LogP contribution in [0.1, 0.15) is 12.8 Å². The van der Waals surface area contributed by atoms with E-state index in [1.54, 1.807) is 18.2 Å². The normalized spacial score (nSPS) is 18.7. The van der Waals surface area contributed by atoms with Crippen LogP contribution in [0.25, 0.3) is 0 Å². The summed E-state index contributed by atoms with van der Waals surface area (Å²) in [7, 11) is 0. The van der Waals surface area contributed by atoms with Gasteiger partial charge in [-0.25, -0.2) is 0 Å². The molecular formula is C12H17N3O3. The monoisotopic (exact) mass is 251 g/mol. The SMILES string of the molecule is NC1(CO)CCN(c2ccccc2[N+](=O)[O-])CC1. The number of aliphatic hydroxyl groups excluding tert-OH is 1. The van der Waals surface area contributed by atoms with Gasteiger partial charge in [-0.15, -0.1) is 0 Å². The Morgan fingerprint density at radius 1 is 1.39 bits per heavy atom. The minimum atomic E-state index is -0.542. The second kappa shape index (κ2) is 4.91. The first-order valence-corrected chi connectivity index (χ1v) is 5.94. The van der Waals surface area contributed by atoms with E-state index in [0.29, 0.717) is 31.6 Å². The fourth-order valence-electron chi connectivity index (χ4n) is 2.24. The third-order valence-electron chi connectivity index (χ3n) is 3.49. The van der Waals surface area contributed by atoms with Crippen LogP contribution in [-0.2, 0) is 0 Å². The summed E-state index contributed by atoms with van der Waals surface area (Å²) in [5.41, 5.74) is 6.19. The molecule has 0 aromatic heterocycles. The molecule has 98 valence electrons. The van der Waals surface area contributed by atoms with Crippen LogP contribution in [0, 0.1) is 10.1 Å². The molecule has 0 aliphatic carbocycles. The van der Waals surface area contributed by atoms with Crippen molar-refractivity contribution < 1.29 is 10.0 Å². The second-order valence-electron chi connectivity index (χ2n) is 4.75. The largest absolute Gasteiger partial charge is 0.394 e. The minimum absolute atomic E-state index is 0.0439. The van der Waals surface area contributed by atoms with Gasteiger partial charge in [-0.3, -0.25) is 10.1 Å². The van der Waals surface area contributed by atoms with Crippen molar-refractivity contribution in [3.8, 4) is 0 Å². The summed E-state index contributed by atoms with van der Waals surface area (Å²) >= 11 is 0. The maximum atomic E-state index is 11.0. The van der Waals surface area contributed by atoms with Gasteiger partial charge in [-0.2, -0.15) is 0 Å². The van der Waals surface area contributed by atoms with Crippen LogP contribution in [-0.4, -0.2) is 35.3 Å². The average Bonchev–Trinajstić information content (AvgIpc) is 2.39. The van der Waals surface area contributed by atoms with E-state index >= 15 is 0 Å². The van der Waals surface area contributed by atoms with E-state index < -0.39 is 5.54 Å². The molecule has 0 amide bonds. The van der Waals surface area contributed by atoms with E-state index in [9.17, 15) is 15.2 Å². The van der Waals surface area contributed by atoms with Gasteiger partial charge in [0.15, 0.2) is 0 Å². The van der Waals surface area contributed by atoms with Crippen molar-refractivity contribution in [2.24, 2.45) is 5.73 Å². The van der Waals surface area contributed by atoms with Crippen LogP contribution < -0.4 is 10.6 Å². The molecule has 1 aliphatic rings. The summed E-state index contributed by atoms with van der Waals surface area (Å²) < 4.78 is 0. The molecule has 3 N–H and O–H groups in total. The second-order valence-corrected chi connectivity index (χ2v) is 4.75. The first-order valence-electron chi connectivity index (χ1n) is 5.94. The van der Waals surface area contributed by atoms with E-state index in [1.807, 2.05) is 4.90 Å². The molecule has 1 aromatic rings. The summed E-state index contributed by atoms with van der Waals surface area (Å²) in [4.78, 5) is 12.6. The standard InChI is InChI=1S/C12H17N3O3/c13-12(9-16)5-7-14(8-6-12)10-3-1-2-4-11(10)15(17)18/h1-4,16H,5-9,13H2. The molecule has 1 heterocycles. The van der Waals surface area contributed by atoms with Gasteiger partial charge in [-0.05, 0) is 18.9 Å². The van der Waals surface area contributed by atoms with Gasteiger partial charge in [0.05, 0.1) is 11.5 Å². The third kappa shape index (κ3) is 2.44. The molecule has 2 rings (SSSR count). The zero-order valence-corrected chi connectivity index (χ0v) is 10.1. The lowest BCUT2D eigenvalue weighted by Crippen LogP contribution is -2.53. The number of para-hydroxylation sites is 2. The zero-order valence-electron chi connectivity index (χ0n) is 10.1. The Hall–Kier alpha value is -1.66. The number of piperidine rings is 1. The number of rotatable bonds is 3. The van der Waals surface area contributed by atoms with Crippen LogP contribution in [0.2, 0.25) is 0 Å². The highest BCUT2D eigenvalue weighted by Gasteiger charge is 2.31. The van der Waals surface area contributed by atoms with Gasteiger partial charge in [0.25, 0.3) is 5.69 Å². The van der Waals surface area contributed by atoms with E-state index in [-0.39, 0.29) is 17.2 Å². The lowest BCUT2D eigenvalue weighted by atomic mass is 9.89. The molecule has 0 radical (unpaired) electrons. The minimum Gasteiger partial charge on any atom is -0.394 e. The smallest absolute Gasteiger partial charge is 0.292 e. The molecule has 0 unspecified atom stereocenters. The van der Waals surface area contributed by atoms with Crippen LogP contribution in [0.3, 0.4) is 0 Å². The van der Waals surface area contributed by atoms with Crippen molar-refractivity contribution in [3.05, 3.63) is 34.4 Å². The number of nitro benzene ring substituents is 1. The Morgan fingerprint density at radius 3 is 2.56 bits per heavy atom. The molecule has 1 fully saturated rings.